The number of aromatic hydroxyl groups is 1. The molecule has 5 aromatic rings. The van der Waals surface area contributed by atoms with Gasteiger partial charge in [0.25, 0.3) is 20.2 Å². The third-order valence-corrected chi connectivity index (χ3v) is 7.99. The van der Waals surface area contributed by atoms with Gasteiger partial charge in [-0.1, -0.05) is 12.1 Å². The molecule has 0 aliphatic carbocycles. The highest BCUT2D eigenvalue weighted by Crippen LogP contribution is 2.42. The van der Waals surface area contributed by atoms with Crippen LogP contribution in [-0.2, 0) is 20.2 Å². The number of azo groups is 1. The number of anilines is 5. The van der Waals surface area contributed by atoms with Crippen LogP contribution < -0.4 is 16.4 Å². The van der Waals surface area contributed by atoms with Gasteiger partial charge in [-0.05, 0) is 60.0 Å². The summed E-state index contributed by atoms with van der Waals surface area (Å²) >= 11 is 0. The number of hydrogen-bond donors (Lipinski definition) is 8. The predicted molar refractivity (Wildman–Crippen MR) is 167 cm³/mol. The number of nitrogens with two attached hydrogens (primary N) is 1. The fourth-order valence-corrected chi connectivity index (χ4v) is 5.32. The van der Waals surface area contributed by atoms with E-state index < -0.39 is 53.7 Å². The van der Waals surface area contributed by atoms with Crippen LogP contribution in [0.2, 0.25) is 0 Å². The molecule has 0 atom stereocenters. The number of nitrogens with zero attached hydrogens (tertiary/aromatic N) is 5. The van der Waals surface area contributed by atoms with E-state index in [9.17, 15) is 50.8 Å². The van der Waals surface area contributed by atoms with E-state index in [1.165, 1.54) is 24.3 Å². The Morgan fingerprint density at radius 2 is 1.35 bits per heavy atom. The number of aromatic carboxylic acids is 2. The zero-order valence-electron chi connectivity index (χ0n) is 23.7. The zero-order valence-corrected chi connectivity index (χ0v) is 25.3. The highest BCUT2D eigenvalue weighted by molar-refractivity contribution is 7.86. The lowest BCUT2D eigenvalue weighted by Crippen LogP contribution is -2.09. The second kappa shape index (κ2) is 12.5. The Morgan fingerprint density at radius 1 is 0.729 bits per heavy atom. The van der Waals surface area contributed by atoms with Gasteiger partial charge in [-0.25, -0.2) is 9.59 Å². The maximum absolute atomic E-state index is 12.1. The predicted octanol–water partition coefficient (Wildman–Crippen LogP) is 4.11. The van der Waals surface area contributed by atoms with Crippen LogP contribution in [0.5, 0.6) is 5.75 Å². The van der Waals surface area contributed by atoms with Crippen molar-refractivity contribution in [1.29, 1.82) is 0 Å². The monoisotopic (exact) mass is 696 g/mol. The summed E-state index contributed by atoms with van der Waals surface area (Å²) < 4.78 is 66.1. The normalized spacial score (nSPS) is 11.9. The van der Waals surface area contributed by atoms with Gasteiger partial charge in [0.05, 0.1) is 32.3 Å². The lowest BCUT2D eigenvalue weighted by Gasteiger charge is -2.14. The minimum Gasteiger partial charge on any atom is -0.505 e. The number of benzene rings is 4. The number of phenols is 1. The summed E-state index contributed by atoms with van der Waals surface area (Å²) in [4.78, 5) is 33.9. The minimum absolute atomic E-state index is 0.00486. The molecule has 9 N–H and O–H groups in total. The summed E-state index contributed by atoms with van der Waals surface area (Å²) in [7, 11) is -9.33. The van der Waals surface area contributed by atoms with Gasteiger partial charge in [0.15, 0.2) is 5.75 Å². The number of carboxylic acid groups (broad SMARTS) is 2. The van der Waals surface area contributed by atoms with Gasteiger partial charge >= 0.3 is 11.9 Å². The molecule has 0 fully saturated rings. The number of hydrogen-bond acceptors (Lipinski definition) is 15. The van der Waals surface area contributed by atoms with Crippen molar-refractivity contribution in [2.45, 2.75) is 9.79 Å². The van der Waals surface area contributed by atoms with Crippen LogP contribution in [-0.4, -0.2) is 68.2 Å². The number of phenolic OH excluding ortho intramolecular Hbond substituents is 1. The minimum atomic E-state index is -4.79. The molecular formula is C27H20N8O11S2. The summed E-state index contributed by atoms with van der Waals surface area (Å²) in [6, 6.07) is 12.6. The van der Waals surface area contributed by atoms with Gasteiger partial charge in [-0.15, -0.1) is 5.11 Å². The topological polar surface area (TPSA) is 317 Å². The first-order chi connectivity index (χ1) is 22.5. The van der Waals surface area contributed by atoms with E-state index in [0.29, 0.717) is 0 Å². The lowest BCUT2D eigenvalue weighted by molar-refractivity contribution is 0.0696. The van der Waals surface area contributed by atoms with Crippen molar-refractivity contribution >= 4 is 83.5 Å². The molecule has 0 aliphatic rings. The first-order valence-corrected chi connectivity index (χ1v) is 15.8. The Bertz CT molecular complexity index is 2370. The average Bonchev–Trinajstić information content (AvgIpc) is 2.99. The van der Waals surface area contributed by atoms with Crippen LogP contribution in [0.25, 0.3) is 10.8 Å². The Hall–Kier alpha value is -6.29. The van der Waals surface area contributed by atoms with Gasteiger partial charge < -0.3 is 31.7 Å². The zero-order chi connectivity index (χ0) is 35.0. The smallest absolute Gasteiger partial charge is 0.335 e. The highest BCUT2D eigenvalue weighted by atomic mass is 32.2. The Balaban J connectivity index is 1.57. The second-order valence-corrected chi connectivity index (χ2v) is 12.5. The highest BCUT2D eigenvalue weighted by Gasteiger charge is 2.20. The molecule has 0 bridgehead atoms. The van der Waals surface area contributed by atoms with Crippen molar-refractivity contribution in [3.05, 3.63) is 77.9 Å². The molecule has 0 aliphatic heterocycles. The second-order valence-electron chi connectivity index (χ2n) is 9.65. The van der Waals surface area contributed by atoms with Crippen molar-refractivity contribution in [3.63, 3.8) is 0 Å². The Kier molecular flexibility index (Phi) is 8.60. The number of carboxylic acids is 2. The van der Waals surface area contributed by atoms with Crippen molar-refractivity contribution in [2.75, 3.05) is 16.4 Å². The van der Waals surface area contributed by atoms with Crippen LogP contribution >= 0.6 is 0 Å². The number of nitrogens with one attached hydrogen (secondary N) is 2. The van der Waals surface area contributed by atoms with Crippen LogP contribution in [0.4, 0.5) is 40.6 Å². The van der Waals surface area contributed by atoms with Crippen molar-refractivity contribution in [2.24, 2.45) is 10.2 Å². The lowest BCUT2D eigenvalue weighted by atomic mass is 10.1. The molecule has 0 radical (unpaired) electrons. The third-order valence-electron chi connectivity index (χ3n) is 6.31. The Morgan fingerprint density at radius 3 is 1.96 bits per heavy atom. The largest absolute Gasteiger partial charge is 0.505 e. The molecule has 0 unspecified atom stereocenters. The van der Waals surface area contributed by atoms with E-state index in [0.717, 1.165) is 42.5 Å². The molecule has 4 aromatic carbocycles. The van der Waals surface area contributed by atoms with E-state index in [2.05, 4.69) is 35.8 Å². The van der Waals surface area contributed by atoms with Gasteiger partial charge in [-0.2, -0.15) is 36.9 Å². The van der Waals surface area contributed by atoms with Crippen molar-refractivity contribution in [3.8, 4) is 5.75 Å². The molecule has 1 aromatic heterocycles. The Labute approximate surface area is 269 Å². The molecule has 48 heavy (non-hydrogen) atoms. The SMILES string of the molecule is Nc1nc(Nc2cc(C(=O)O)cc(C(=O)O)c2)nc(Nc2cc(S(=O)(=O)O)cc3ccc(N=Nc4cccc(S(=O)(=O)O)c4)c(O)c23)n1. The molecule has 0 amide bonds. The van der Waals surface area contributed by atoms with E-state index in [1.54, 1.807) is 0 Å². The van der Waals surface area contributed by atoms with E-state index in [4.69, 9.17) is 5.73 Å². The molecule has 1 heterocycles. The van der Waals surface area contributed by atoms with E-state index >= 15 is 0 Å². The van der Waals surface area contributed by atoms with Crippen molar-refractivity contribution < 1.29 is 50.8 Å². The number of fused-ring (bicyclic) bond motifs is 1. The summed E-state index contributed by atoms with van der Waals surface area (Å²) in [5.74, 6) is -4.42. The van der Waals surface area contributed by atoms with Crippen LogP contribution in [0.15, 0.2) is 86.7 Å². The summed E-state index contributed by atoms with van der Waals surface area (Å²) in [6.07, 6.45) is 0. The molecule has 21 heteroatoms. The maximum Gasteiger partial charge on any atom is 0.335 e. The van der Waals surface area contributed by atoms with Crippen LogP contribution in [0.3, 0.4) is 0 Å². The number of carbonyl (C=O) groups is 2. The quantitative estimate of drug-likeness (QED) is 0.0752. The summed E-state index contributed by atoms with van der Waals surface area (Å²) in [5.41, 5.74) is 4.69. The van der Waals surface area contributed by atoms with Gasteiger partial charge in [0.1, 0.15) is 5.69 Å². The first-order valence-electron chi connectivity index (χ1n) is 12.9. The van der Waals surface area contributed by atoms with Crippen molar-refractivity contribution in [1.82, 2.24) is 15.0 Å². The van der Waals surface area contributed by atoms with Crippen LogP contribution in [0.1, 0.15) is 20.7 Å². The molecular weight excluding hydrogens is 676 g/mol. The molecule has 5 rings (SSSR count). The maximum atomic E-state index is 12.1. The molecule has 0 saturated heterocycles. The average molecular weight is 697 g/mol. The summed E-state index contributed by atoms with van der Waals surface area (Å²) in [5, 5.41) is 43.0. The molecule has 0 saturated carbocycles. The number of aromatic nitrogens is 3. The van der Waals surface area contributed by atoms with E-state index in [1.807, 2.05) is 0 Å². The van der Waals surface area contributed by atoms with Gasteiger partial charge in [-0.3, -0.25) is 9.11 Å². The number of nitrogen functional groups attached to an aromatic ring is 1. The fourth-order valence-electron chi connectivity index (χ4n) is 4.25. The first kappa shape index (κ1) is 33.1. The molecule has 246 valence electrons. The van der Waals surface area contributed by atoms with E-state index in [-0.39, 0.29) is 56.5 Å². The summed E-state index contributed by atoms with van der Waals surface area (Å²) in [6.45, 7) is 0. The fraction of sp³-hybridized carbons (Fsp3) is 0. The number of rotatable bonds is 10. The van der Waals surface area contributed by atoms with Gasteiger partial charge in [0, 0.05) is 11.1 Å². The molecule has 19 nitrogen and oxygen atoms in total. The van der Waals surface area contributed by atoms with Gasteiger partial charge in [0.2, 0.25) is 17.8 Å². The molecule has 0 spiro atoms. The standard InChI is InChI=1S/C27H20N8O11S2/c28-25-31-26(29-16-7-13(23(37)38)6-14(8-16)24(39)40)33-27(32-25)30-20-11-18(48(44,45)46)9-12-4-5-19(22(36)21(12)20)35-34-15-2-1-3-17(10-15)47(41,42)43/h1-11,36H,(H,37,38)(H,39,40)(H,41,42,43)(H,44,45,46)(H4,28,29,30,31,32,33). The third kappa shape index (κ3) is 7.39. The van der Waals surface area contributed by atoms with Crippen LogP contribution in [0, 0.1) is 0 Å².